The van der Waals surface area contributed by atoms with Gasteiger partial charge in [0.2, 0.25) is 15.9 Å². The Bertz CT molecular complexity index is 1050. The van der Waals surface area contributed by atoms with Gasteiger partial charge in [-0.25, -0.2) is 12.7 Å². The largest absolute Gasteiger partial charge is 0.349 e. The van der Waals surface area contributed by atoms with Crippen LogP contribution in [0.15, 0.2) is 42.5 Å². The maximum absolute atomic E-state index is 13.1. The topological polar surface area (TPSA) is 66.5 Å². The lowest BCUT2D eigenvalue weighted by atomic mass is 9.87. The van der Waals surface area contributed by atoms with Gasteiger partial charge in [0.1, 0.15) is 0 Å². The number of fused-ring (bicyclic) bond motifs is 1. The predicted molar refractivity (Wildman–Crippen MR) is 124 cm³/mol. The van der Waals surface area contributed by atoms with Crippen molar-refractivity contribution in [3.8, 4) is 0 Å². The van der Waals surface area contributed by atoms with Crippen molar-refractivity contribution in [2.45, 2.75) is 43.9 Å². The number of carbonyl (C=O) groups excluding carboxylic acids is 1. The molecule has 1 aliphatic heterocycles. The molecule has 0 saturated carbocycles. The summed E-state index contributed by atoms with van der Waals surface area (Å²) in [6, 6.07) is 13.2. The molecule has 31 heavy (non-hydrogen) atoms. The molecule has 0 radical (unpaired) electrons. The normalized spacial score (nSPS) is 22.0. The Morgan fingerprint density at radius 3 is 2.55 bits per heavy atom. The number of sulfonamides is 1. The van der Waals surface area contributed by atoms with E-state index in [1.807, 2.05) is 12.1 Å². The third-order valence-corrected chi connectivity index (χ3v) is 8.70. The fourth-order valence-electron chi connectivity index (χ4n) is 4.55. The first-order chi connectivity index (χ1) is 14.8. The number of hydrogen-bond donors (Lipinski definition) is 1. The maximum atomic E-state index is 13.1. The molecule has 0 bridgehead atoms. The highest BCUT2D eigenvalue weighted by atomic mass is 35.5. The van der Waals surface area contributed by atoms with Crippen LogP contribution in [0.4, 0.5) is 0 Å². The average molecular weight is 481 g/mol. The van der Waals surface area contributed by atoms with E-state index < -0.39 is 10.0 Å². The van der Waals surface area contributed by atoms with Crippen LogP contribution in [0.3, 0.4) is 0 Å². The summed E-state index contributed by atoms with van der Waals surface area (Å²) in [5.74, 6) is -0.702. The van der Waals surface area contributed by atoms with Gasteiger partial charge in [0.05, 0.1) is 17.7 Å². The predicted octanol–water partition coefficient (Wildman–Crippen LogP) is 4.73. The minimum atomic E-state index is -3.65. The molecule has 2 aromatic carbocycles. The van der Waals surface area contributed by atoms with Gasteiger partial charge in [-0.2, -0.15) is 0 Å². The van der Waals surface area contributed by atoms with Crippen LogP contribution in [0.25, 0.3) is 0 Å². The average Bonchev–Trinajstić information content (AvgIpc) is 2.77. The molecule has 2 aliphatic rings. The van der Waals surface area contributed by atoms with Crippen LogP contribution in [0, 0.1) is 5.92 Å². The highest BCUT2D eigenvalue weighted by Crippen LogP contribution is 2.31. The number of hydrogen-bond acceptors (Lipinski definition) is 3. The third-order valence-electron chi connectivity index (χ3n) is 6.22. The summed E-state index contributed by atoms with van der Waals surface area (Å²) >= 11 is 12.3. The summed E-state index contributed by atoms with van der Waals surface area (Å²) in [5, 5.41) is 3.85. The second-order valence-electron chi connectivity index (χ2n) is 8.31. The minimum Gasteiger partial charge on any atom is -0.349 e. The molecule has 2 atom stereocenters. The van der Waals surface area contributed by atoms with Crippen molar-refractivity contribution in [1.29, 1.82) is 0 Å². The molecule has 1 saturated heterocycles. The number of halogens is 2. The zero-order valence-corrected chi connectivity index (χ0v) is 19.5. The first-order valence-corrected chi connectivity index (χ1v) is 13.0. The van der Waals surface area contributed by atoms with Crippen molar-refractivity contribution in [3.05, 3.63) is 69.2 Å². The van der Waals surface area contributed by atoms with Gasteiger partial charge in [0, 0.05) is 28.7 Å². The van der Waals surface area contributed by atoms with E-state index in [1.54, 1.807) is 18.2 Å². The van der Waals surface area contributed by atoms with E-state index in [4.69, 9.17) is 23.2 Å². The Morgan fingerprint density at radius 2 is 1.77 bits per heavy atom. The standard InChI is InChI=1S/C23H26Cl2N2O3S/c24-20-10-4-11-21(25)19(20)15-31(29,30)27-13-5-8-17(14-27)23(28)26-22-12-3-7-16-6-1-2-9-18(16)22/h1-2,4,6,9-11,17,22H,3,5,7-8,12-15H2,(H,26,28). The first kappa shape index (κ1) is 22.6. The molecule has 0 spiro atoms. The molecule has 5 nitrogen and oxygen atoms in total. The Kier molecular flexibility index (Phi) is 6.92. The SMILES string of the molecule is O=C(NC1CCCc2ccccc21)C1CCCN(S(=O)(=O)Cc2c(Cl)cccc2Cl)C1. The smallest absolute Gasteiger partial charge is 0.224 e. The number of amides is 1. The molecule has 166 valence electrons. The van der Waals surface area contributed by atoms with E-state index in [0.29, 0.717) is 35.0 Å². The van der Waals surface area contributed by atoms with Gasteiger partial charge >= 0.3 is 0 Å². The monoisotopic (exact) mass is 480 g/mol. The highest BCUT2D eigenvalue weighted by molar-refractivity contribution is 7.88. The Labute approximate surface area is 193 Å². The van der Waals surface area contributed by atoms with Crippen molar-refractivity contribution in [3.63, 3.8) is 0 Å². The van der Waals surface area contributed by atoms with Crippen LogP contribution in [-0.2, 0) is 27.0 Å². The quantitative estimate of drug-likeness (QED) is 0.672. The lowest BCUT2D eigenvalue weighted by Crippen LogP contribution is -2.46. The molecule has 8 heteroatoms. The van der Waals surface area contributed by atoms with E-state index in [0.717, 1.165) is 19.3 Å². The van der Waals surface area contributed by atoms with Crippen molar-refractivity contribution < 1.29 is 13.2 Å². The molecule has 1 aliphatic carbocycles. The summed E-state index contributed by atoms with van der Waals surface area (Å²) < 4.78 is 27.5. The lowest BCUT2D eigenvalue weighted by Gasteiger charge is -2.33. The van der Waals surface area contributed by atoms with Gasteiger partial charge in [-0.3, -0.25) is 4.79 Å². The van der Waals surface area contributed by atoms with E-state index in [9.17, 15) is 13.2 Å². The molecule has 1 heterocycles. The fourth-order valence-corrected chi connectivity index (χ4v) is 6.91. The zero-order chi connectivity index (χ0) is 22.0. The first-order valence-electron chi connectivity index (χ1n) is 10.6. The lowest BCUT2D eigenvalue weighted by molar-refractivity contribution is -0.127. The Hall–Kier alpha value is -1.60. The molecule has 2 aromatic rings. The minimum absolute atomic E-state index is 0.00799. The third kappa shape index (κ3) is 5.08. The van der Waals surface area contributed by atoms with Gasteiger partial charge in [-0.15, -0.1) is 0 Å². The summed E-state index contributed by atoms with van der Waals surface area (Å²) in [4.78, 5) is 13.0. The summed E-state index contributed by atoms with van der Waals surface area (Å²) in [6.45, 7) is 0.588. The second kappa shape index (κ2) is 9.49. The van der Waals surface area contributed by atoms with Gasteiger partial charge in [-0.1, -0.05) is 53.5 Å². The fraction of sp³-hybridized carbons (Fsp3) is 0.435. The summed E-state index contributed by atoms with van der Waals surface area (Å²) in [5.41, 5.74) is 2.86. The molecule has 0 aromatic heterocycles. The van der Waals surface area contributed by atoms with E-state index >= 15 is 0 Å². The van der Waals surface area contributed by atoms with Crippen molar-refractivity contribution in [2.24, 2.45) is 5.92 Å². The van der Waals surface area contributed by atoms with Crippen LogP contribution < -0.4 is 5.32 Å². The number of rotatable bonds is 5. The summed E-state index contributed by atoms with van der Waals surface area (Å²) in [6.07, 6.45) is 4.30. The van der Waals surface area contributed by atoms with Crippen molar-refractivity contribution in [1.82, 2.24) is 9.62 Å². The van der Waals surface area contributed by atoms with Gasteiger partial charge < -0.3 is 5.32 Å². The molecule has 1 amide bonds. The molecule has 1 N–H and O–H groups in total. The number of carbonyl (C=O) groups is 1. The van der Waals surface area contributed by atoms with Crippen LogP contribution in [0.2, 0.25) is 10.0 Å². The Balaban J connectivity index is 1.44. The molecular weight excluding hydrogens is 455 g/mol. The Morgan fingerprint density at radius 1 is 1.03 bits per heavy atom. The van der Waals surface area contributed by atoms with E-state index in [-0.39, 0.29) is 30.2 Å². The van der Waals surface area contributed by atoms with Crippen molar-refractivity contribution >= 4 is 39.1 Å². The van der Waals surface area contributed by atoms with Gasteiger partial charge in [-0.05, 0) is 55.4 Å². The number of aryl methyl sites for hydroxylation is 1. The van der Waals surface area contributed by atoms with Gasteiger partial charge in [0.15, 0.2) is 0 Å². The molecular formula is C23H26Cl2N2O3S. The summed E-state index contributed by atoms with van der Waals surface area (Å²) in [7, 11) is -3.65. The van der Waals surface area contributed by atoms with E-state index in [1.165, 1.54) is 15.4 Å². The molecule has 1 fully saturated rings. The van der Waals surface area contributed by atoms with Gasteiger partial charge in [0.25, 0.3) is 0 Å². The molecule has 2 unspecified atom stereocenters. The van der Waals surface area contributed by atoms with Crippen LogP contribution >= 0.6 is 23.2 Å². The van der Waals surface area contributed by atoms with Crippen LogP contribution in [-0.4, -0.2) is 31.7 Å². The van der Waals surface area contributed by atoms with Crippen molar-refractivity contribution in [2.75, 3.05) is 13.1 Å². The van der Waals surface area contributed by atoms with Crippen LogP contribution in [0.5, 0.6) is 0 Å². The number of piperidine rings is 1. The molecule has 4 rings (SSSR count). The highest BCUT2D eigenvalue weighted by Gasteiger charge is 2.34. The zero-order valence-electron chi connectivity index (χ0n) is 17.2. The number of nitrogens with zero attached hydrogens (tertiary/aromatic N) is 1. The second-order valence-corrected chi connectivity index (χ2v) is 11.1. The maximum Gasteiger partial charge on any atom is 0.224 e. The number of benzene rings is 2. The van der Waals surface area contributed by atoms with E-state index in [2.05, 4.69) is 17.4 Å². The van der Waals surface area contributed by atoms with Crippen LogP contribution in [0.1, 0.15) is 48.4 Å². The number of nitrogens with one attached hydrogen (secondary N) is 1.